The molecule has 0 bridgehead atoms. The molecule has 0 aliphatic rings. The van der Waals surface area contributed by atoms with E-state index in [2.05, 4.69) is 24.2 Å². The van der Waals surface area contributed by atoms with Crippen LogP contribution in [0.15, 0.2) is 29.6 Å². The lowest BCUT2D eigenvalue weighted by atomic mass is 10.1. The van der Waals surface area contributed by atoms with Gasteiger partial charge in [0.25, 0.3) is 0 Å². The monoisotopic (exact) mass is 218 g/mol. The second kappa shape index (κ2) is 4.03. The molecule has 0 atom stereocenters. The van der Waals surface area contributed by atoms with Crippen molar-refractivity contribution in [1.29, 1.82) is 0 Å². The van der Waals surface area contributed by atoms with E-state index in [9.17, 15) is 0 Å². The first-order valence-electron chi connectivity index (χ1n) is 4.98. The zero-order chi connectivity index (χ0) is 10.8. The maximum absolute atomic E-state index is 5.74. The third kappa shape index (κ3) is 2.18. The summed E-state index contributed by atoms with van der Waals surface area (Å²) in [6.45, 7) is 4.30. The Hall–Kier alpha value is -1.35. The number of nitrogens with zero attached hydrogens (tertiary/aromatic N) is 1. The number of rotatable bonds is 2. The number of thiazole rings is 1. The van der Waals surface area contributed by atoms with E-state index in [0.29, 0.717) is 5.92 Å². The summed E-state index contributed by atoms with van der Waals surface area (Å²) in [5, 5.41) is 3.16. The zero-order valence-corrected chi connectivity index (χ0v) is 9.71. The van der Waals surface area contributed by atoms with Gasteiger partial charge in [-0.15, -0.1) is 11.3 Å². The quantitative estimate of drug-likeness (QED) is 0.783. The standard InChI is InChI=1S/C12H14N2S/c1-8(2)11-7-15-12(14-11)9-4-3-5-10(13)6-9/h3-8H,13H2,1-2H3. The van der Waals surface area contributed by atoms with Gasteiger partial charge in [0.15, 0.2) is 0 Å². The van der Waals surface area contributed by atoms with E-state index in [1.165, 1.54) is 0 Å². The average Bonchev–Trinajstić information content (AvgIpc) is 2.66. The highest BCUT2D eigenvalue weighted by molar-refractivity contribution is 7.13. The van der Waals surface area contributed by atoms with Gasteiger partial charge < -0.3 is 5.73 Å². The van der Waals surface area contributed by atoms with E-state index >= 15 is 0 Å². The molecule has 1 aromatic carbocycles. The lowest BCUT2D eigenvalue weighted by Gasteiger charge is -1.99. The minimum atomic E-state index is 0.482. The van der Waals surface area contributed by atoms with E-state index in [-0.39, 0.29) is 0 Å². The van der Waals surface area contributed by atoms with Crippen molar-refractivity contribution in [2.75, 3.05) is 5.73 Å². The number of hydrogen-bond donors (Lipinski definition) is 1. The van der Waals surface area contributed by atoms with Gasteiger partial charge in [-0.2, -0.15) is 0 Å². The molecule has 0 saturated carbocycles. The van der Waals surface area contributed by atoms with E-state index in [4.69, 9.17) is 5.73 Å². The van der Waals surface area contributed by atoms with Gasteiger partial charge in [0.2, 0.25) is 0 Å². The number of nitrogens with two attached hydrogens (primary N) is 1. The molecule has 0 aliphatic carbocycles. The predicted octanol–water partition coefficient (Wildman–Crippen LogP) is 3.52. The number of anilines is 1. The topological polar surface area (TPSA) is 38.9 Å². The Labute approximate surface area is 93.8 Å². The molecule has 15 heavy (non-hydrogen) atoms. The zero-order valence-electron chi connectivity index (χ0n) is 8.90. The normalized spacial score (nSPS) is 10.9. The van der Waals surface area contributed by atoms with Gasteiger partial charge >= 0.3 is 0 Å². The molecule has 1 heterocycles. The van der Waals surface area contributed by atoms with Gasteiger partial charge in [-0.3, -0.25) is 0 Å². The smallest absolute Gasteiger partial charge is 0.123 e. The highest BCUT2D eigenvalue weighted by Gasteiger charge is 2.07. The summed E-state index contributed by atoms with van der Waals surface area (Å²) in [5.41, 5.74) is 8.78. The minimum Gasteiger partial charge on any atom is -0.399 e. The number of hydrogen-bond acceptors (Lipinski definition) is 3. The molecule has 3 heteroatoms. The van der Waals surface area contributed by atoms with Crippen LogP contribution in [0.5, 0.6) is 0 Å². The Morgan fingerprint density at radius 2 is 2.13 bits per heavy atom. The maximum Gasteiger partial charge on any atom is 0.123 e. The SMILES string of the molecule is CC(C)c1csc(-c2cccc(N)c2)n1. The molecule has 0 aliphatic heterocycles. The molecule has 0 saturated heterocycles. The number of aromatic nitrogens is 1. The van der Waals surface area contributed by atoms with Crippen LogP contribution in [0.2, 0.25) is 0 Å². The van der Waals surface area contributed by atoms with Crippen LogP contribution in [0, 0.1) is 0 Å². The Bertz CT molecular complexity index is 460. The summed E-state index contributed by atoms with van der Waals surface area (Å²) >= 11 is 1.67. The van der Waals surface area contributed by atoms with Gasteiger partial charge in [0, 0.05) is 16.6 Å². The van der Waals surface area contributed by atoms with Crippen molar-refractivity contribution < 1.29 is 0 Å². The summed E-state index contributed by atoms with van der Waals surface area (Å²) in [6, 6.07) is 7.85. The van der Waals surface area contributed by atoms with Crippen LogP contribution in [-0.2, 0) is 0 Å². The molecule has 1 aromatic heterocycles. The summed E-state index contributed by atoms with van der Waals surface area (Å²) in [6.07, 6.45) is 0. The molecule has 0 spiro atoms. The fourth-order valence-electron chi connectivity index (χ4n) is 1.36. The lowest BCUT2D eigenvalue weighted by Crippen LogP contribution is -1.88. The van der Waals surface area contributed by atoms with E-state index in [0.717, 1.165) is 22.0 Å². The molecular weight excluding hydrogens is 204 g/mol. The maximum atomic E-state index is 5.74. The summed E-state index contributed by atoms with van der Waals surface area (Å²) < 4.78 is 0. The fourth-order valence-corrected chi connectivity index (χ4v) is 2.33. The molecule has 0 radical (unpaired) electrons. The van der Waals surface area contributed by atoms with Crippen molar-refractivity contribution in [3.8, 4) is 10.6 Å². The van der Waals surface area contributed by atoms with Gasteiger partial charge in [-0.1, -0.05) is 26.0 Å². The third-order valence-electron chi connectivity index (χ3n) is 2.25. The fraction of sp³-hybridized carbons (Fsp3) is 0.250. The van der Waals surface area contributed by atoms with Crippen molar-refractivity contribution in [1.82, 2.24) is 4.98 Å². The second-order valence-corrected chi connectivity index (χ2v) is 4.72. The molecule has 0 unspecified atom stereocenters. The van der Waals surface area contributed by atoms with Gasteiger partial charge in [-0.25, -0.2) is 4.98 Å². The first-order chi connectivity index (χ1) is 7.16. The van der Waals surface area contributed by atoms with Gasteiger partial charge in [0.1, 0.15) is 5.01 Å². The third-order valence-corrected chi connectivity index (χ3v) is 3.16. The molecule has 0 amide bonds. The van der Waals surface area contributed by atoms with Crippen LogP contribution in [0.3, 0.4) is 0 Å². The van der Waals surface area contributed by atoms with Gasteiger partial charge in [0.05, 0.1) is 5.69 Å². The molecule has 2 rings (SSSR count). The Balaban J connectivity index is 2.37. The van der Waals surface area contributed by atoms with Crippen LogP contribution in [0.1, 0.15) is 25.5 Å². The first kappa shape index (κ1) is 10.2. The van der Waals surface area contributed by atoms with Crippen molar-refractivity contribution in [3.05, 3.63) is 35.3 Å². The molecule has 2 nitrogen and oxygen atoms in total. The summed E-state index contributed by atoms with van der Waals surface area (Å²) in [5.74, 6) is 0.482. The first-order valence-corrected chi connectivity index (χ1v) is 5.86. The second-order valence-electron chi connectivity index (χ2n) is 3.86. The van der Waals surface area contributed by atoms with Gasteiger partial charge in [-0.05, 0) is 18.1 Å². The van der Waals surface area contributed by atoms with E-state index in [1.807, 2.05) is 24.3 Å². The molecule has 0 fully saturated rings. The summed E-state index contributed by atoms with van der Waals surface area (Å²) in [7, 11) is 0. The van der Waals surface area contributed by atoms with Crippen LogP contribution >= 0.6 is 11.3 Å². The average molecular weight is 218 g/mol. The van der Waals surface area contributed by atoms with Crippen LogP contribution in [0.4, 0.5) is 5.69 Å². The van der Waals surface area contributed by atoms with Crippen molar-refractivity contribution in [3.63, 3.8) is 0 Å². The Kier molecular flexibility index (Phi) is 2.73. The van der Waals surface area contributed by atoms with Crippen LogP contribution in [0.25, 0.3) is 10.6 Å². The highest BCUT2D eigenvalue weighted by Crippen LogP contribution is 2.27. The summed E-state index contributed by atoms with van der Waals surface area (Å²) in [4.78, 5) is 4.58. The van der Waals surface area contributed by atoms with E-state index in [1.54, 1.807) is 11.3 Å². The minimum absolute atomic E-state index is 0.482. The van der Waals surface area contributed by atoms with Crippen LogP contribution < -0.4 is 5.73 Å². The number of benzene rings is 1. The highest BCUT2D eigenvalue weighted by atomic mass is 32.1. The van der Waals surface area contributed by atoms with Crippen molar-refractivity contribution >= 4 is 17.0 Å². The number of nitrogen functional groups attached to an aromatic ring is 1. The largest absolute Gasteiger partial charge is 0.399 e. The predicted molar refractivity (Wildman–Crippen MR) is 66.1 cm³/mol. The molecular formula is C12H14N2S. The van der Waals surface area contributed by atoms with Crippen molar-refractivity contribution in [2.45, 2.75) is 19.8 Å². The molecule has 78 valence electrons. The lowest BCUT2D eigenvalue weighted by molar-refractivity contribution is 0.834. The van der Waals surface area contributed by atoms with Crippen molar-refractivity contribution in [2.24, 2.45) is 0 Å². The molecule has 2 aromatic rings. The Morgan fingerprint density at radius 1 is 1.33 bits per heavy atom. The molecule has 2 N–H and O–H groups in total. The van der Waals surface area contributed by atoms with E-state index < -0.39 is 0 Å². The Morgan fingerprint density at radius 3 is 2.73 bits per heavy atom. The van der Waals surface area contributed by atoms with Crippen LogP contribution in [-0.4, -0.2) is 4.98 Å².